The van der Waals surface area contributed by atoms with Gasteiger partial charge >= 0.3 is 0 Å². The Morgan fingerprint density at radius 1 is 1.27 bits per heavy atom. The minimum absolute atomic E-state index is 0.131. The lowest BCUT2D eigenvalue weighted by molar-refractivity contribution is 0.0952. The van der Waals surface area contributed by atoms with Crippen molar-refractivity contribution in [2.24, 2.45) is 0 Å². The fraction of sp³-hybridized carbons (Fsp3) is 0.286. The van der Waals surface area contributed by atoms with Crippen LogP contribution >= 0.6 is 22.7 Å². The molecule has 8 heteroatoms. The van der Waals surface area contributed by atoms with Crippen LogP contribution in [0, 0.1) is 6.92 Å². The lowest BCUT2D eigenvalue weighted by atomic mass is 10.4. The van der Waals surface area contributed by atoms with Crippen molar-refractivity contribution in [3.05, 3.63) is 39.5 Å². The second kappa shape index (κ2) is 6.80. The first-order valence-electron chi connectivity index (χ1n) is 6.84. The van der Waals surface area contributed by atoms with E-state index in [9.17, 15) is 4.79 Å². The number of imidazole rings is 1. The summed E-state index contributed by atoms with van der Waals surface area (Å²) in [4.78, 5) is 24.8. The van der Waals surface area contributed by atoms with Crippen LogP contribution in [-0.2, 0) is 6.54 Å². The summed E-state index contributed by atoms with van der Waals surface area (Å²) in [5.74, 6) is -0.131. The van der Waals surface area contributed by atoms with Crippen LogP contribution in [0.3, 0.4) is 0 Å². The zero-order valence-electron chi connectivity index (χ0n) is 12.0. The van der Waals surface area contributed by atoms with Gasteiger partial charge in [-0.2, -0.15) is 0 Å². The van der Waals surface area contributed by atoms with Gasteiger partial charge in [-0.15, -0.1) is 22.7 Å². The molecule has 3 rings (SSSR count). The van der Waals surface area contributed by atoms with Gasteiger partial charge in [-0.3, -0.25) is 4.79 Å². The maximum atomic E-state index is 12.1. The molecular formula is C14H15N5OS2. The van der Waals surface area contributed by atoms with Gasteiger partial charge in [-0.05, 0) is 13.3 Å². The van der Waals surface area contributed by atoms with Crippen molar-refractivity contribution in [1.29, 1.82) is 0 Å². The number of aryl methyl sites for hydroxylation is 2. The summed E-state index contributed by atoms with van der Waals surface area (Å²) in [5.41, 5.74) is 1.59. The number of carbonyl (C=O) groups excluding carboxylic acids is 1. The monoisotopic (exact) mass is 333 g/mol. The third kappa shape index (κ3) is 3.58. The second-order valence-corrected chi connectivity index (χ2v) is 6.62. The number of rotatable bonds is 6. The van der Waals surface area contributed by atoms with E-state index < -0.39 is 0 Å². The van der Waals surface area contributed by atoms with E-state index in [0.717, 1.165) is 29.4 Å². The van der Waals surface area contributed by atoms with Crippen molar-refractivity contribution < 1.29 is 4.79 Å². The third-order valence-electron chi connectivity index (χ3n) is 3.02. The summed E-state index contributed by atoms with van der Waals surface area (Å²) in [6, 6.07) is 0. The molecule has 0 saturated carbocycles. The summed E-state index contributed by atoms with van der Waals surface area (Å²) < 4.78 is 1.98. The number of hydrogen-bond donors (Lipinski definition) is 1. The van der Waals surface area contributed by atoms with Crippen molar-refractivity contribution in [2.45, 2.75) is 19.9 Å². The van der Waals surface area contributed by atoms with Gasteiger partial charge in [0.1, 0.15) is 11.4 Å². The number of hydrogen-bond acceptors (Lipinski definition) is 6. The maximum absolute atomic E-state index is 12.1. The molecule has 1 N–H and O–H groups in total. The van der Waals surface area contributed by atoms with Crippen LogP contribution in [0.2, 0.25) is 0 Å². The molecule has 0 aliphatic heterocycles. The van der Waals surface area contributed by atoms with E-state index in [4.69, 9.17) is 0 Å². The zero-order chi connectivity index (χ0) is 15.4. The quantitative estimate of drug-likeness (QED) is 0.704. The van der Waals surface area contributed by atoms with Crippen LogP contribution in [0.15, 0.2) is 29.5 Å². The van der Waals surface area contributed by atoms with Crippen LogP contribution in [0.5, 0.6) is 0 Å². The second-order valence-electron chi connectivity index (χ2n) is 4.70. The topological polar surface area (TPSA) is 72.7 Å². The van der Waals surface area contributed by atoms with Gasteiger partial charge < -0.3 is 9.88 Å². The normalized spacial score (nSPS) is 10.8. The van der Waals surface area contributed by atoms with Gasteiger partial charge in [0.25, 0.3) is 5.91 Å². The van der Waals surface area contributed by atoms with Gasteiger partial charge in [0.05, 0.1) is 11.3 Å². The van der Waals surface area contributed by atoms with Gasteiger partial charge in [0.2, 0.25) is 0 Å². The van der Waals surface area contributed by atoms with Gasteiger partial charge in [-0.1, -0.05) is 0 Å². The van der Waals surface area contributed by atoms with Crippen LogP contribution in [0.1, 0.15) is 21.2 Å². The van der Waals surface area contributed by atoms with E-state index in [1.807, 2.05) is 28.4 Å². The molecule has 0 bridgehead atoms. The van der Waals surface area contributed by atoms with Crippen molar-refractivity contribution in [2.75, 3.05) is 6.54 Å². The minimum Gasteiger partial charge on any atom is -0.350 e. The van der Waals surface area contributed by atoms with Crippen LogP contribution in [0.25, 0.3) is 11.4 Å². The SMILES string of the molecule is Cc1nc(-c2csc(C(=O)NCCCn3ccnc3)n2)cs1. The highest BCUT2D eigenvalue weighted by molar-refractivity contribution is 7.12. The van der Waals surface area contributed by atoms with Gasteiger partial charge in [0, 0.05) is 36.2 Å². The maximum Gasteiger partial charge on any atom is 0.280 e. The fourth-order valence-electron chi connectivity index (χ4n) is 1.93. The number of thiazole rings is 2. The van der Waals surface area contributed by atoms with E-state index in [2.05, 4.69) is 20.3 Å². The molecule has 3 heterocycles. The Morgan fingerprint density at radius 3 is 2.82 bits per heavy atom. The van der Waals surface area contributed by atoms with E-state index in [-0.39, 0.29) is 5.91 Å². The summed E-state index contributed by atoms with van der Waals surface area (Å²) in [7, 11) is 0. The molecule has 114 valence electrons. The number of carbonyl (C=O) groups is 1. The van der Waals surface area contributed by atoms with Crippen molar-refractivity contribution in [3.8, 4) is 11.4 Å². The highest BCUT2D eigenvalue weighted by Gasteiger charge is 2.13. The molecule has 0 spiro atoms. The number of nitrogens with zero attached hydrogens (tertiary/aromatic N) is 4. The molecule has 0 fully saturated rings. The summed E-state index contributed by atoms with van der Waals surface area (Å²) in [6.45, 7) is 3.40. The number of amides is 1. The van der Waals surface area contributed by atoms with Crippen molar-refractivity contribution in [3.63, 3.8) is 0 Å². The Labute approximate surface area is 135 Å². The first-order valence-corrected chi connectivity index (χ1v) is 8.60. The smallest absolute Gasteiger partial charge is 0.280 e. The van der Waals surface area contributed by atoms with Crippen LogP contribution in [0.4, 0.5) is 0 Å². The van der Waals surface area contributed by atoms with Gasteiger partial charge in [0.15, 0.2) is 5.01 Å². The van der Waals surface area contributed by atoms with E-state index in [1.54, 1.807) is 23.9 Å². The largest absolute Gasteiger partial charge is 0.350 e. The Balaban J connectivity index is 1.51. The van der Waals surface area contributed by atoms with E-state index in [0.29, 0.717) is 11.6 Å². The standard InChI is InChI=1S/C14H15N5OS2/c1-10-17-11(7-21-10)12-8-22-14(18-12)13(20)16-3-2-5-19-6-4-15-9-19/h4,6-9H,2-3,5H2,1H3,(H,16,20). The molecule has 0 atom stereocenters. The molecular weight excluding hydrogens is 318 g/mol. The molecule has 0 aromatic carbocycles. The predicted molar refractivity (Wildman–Crippen MR) is 87.1 cm³/mol. The molecule has 3 aromatic heterocycles. The number of nitrogens with one attached hydrogen (secondary N) is 1. The third-order valence-corrected chi connectivity index (χ3v) is 4.63. The van der Waals surface area contributed by atoms with E-state index in [1.165, 1.54) is 11.3 Å². The highest BCUT2D eigenvalue weighted by atomic mass is 32.1. The summed E-state index contributed by atoms with van der Waals surface area (Å²) in [5, 5.41) is 8.18. The molecule has 3 aromatic rings. The van der Waals surface area contributed by atoms with Crippen LogP contribution in [-0.4, -0.2) is 32.0 Å². The fourth-order valence-corrected chi connectivity index (χ4v) is 3.27. The Kier molecular flexibility index (Phi) is 4.59. The number of aromatic nitrogens is 4. The predicted octanol–water partition coefficient (Wildman–Crippen LogP) is 2.59. The summed E-state index contributed by atoms with van der Waals surface area (Å²) >= 11 is 2.92. The molecule has 1 amide bonds. The zero-order valence-corrected chi connectivity index (χ0v) is 13.7. The molecule has 0 radical (unpaired) electrons. The Hall–Kier alpha value is -2.06. The van der Waals surface area contributed by atoms with Crippen molar-refractivity contribution >= 4 is 28.6 Å². The Bertz CT molecular complexity index is 747. The van der Waals surface area contributed by atoms with Crippen LogP contribution < -0.4 is 5.32 Å². The van der Waals surface area contributed by atoms with Gasteiger partial charge in [-0.25, -0.2) is 15.0 Å². The molecule has 0 unspecified atom stereocenters. The molecule has 0 aliphatic carbocycles. The molecule has 6 nitrogen and oxygen atoms in total. The first-order chi connectivity index (χ1) is 10.7. The molecule has 0 aliphatic rings. The first kappa shape index (κ1) is 14.9. The average Bonchev–Trinajstić information content (AvgIpc) is 3.24. The lowest BCUT2D eigenvalue weighted by Crippen LogP contribution is -2.25. The van der Waals surface area contributed by atoms with E-state index >= 15 is 0 Å². The Morgan fingerprint density at radius 2 is 2.09 bits per heavy atom. The lowest BCUT2D eigenvalue weighted by Gasteiger charge is -2.03. The minimum atomic E-state index is -0.131. The van der Waals surface area contributed by atoms with Crippen molar-refractivity contribution in [1.82, 2.24) is 24.8 Å². The molecule has 0 saturated heterocycles. The summed E-state index contributed by atoms with van der Waals surface area (Å²) in [6.07, 6.45) is 6.27. The highest BCUT2D eigenvalue weighted by Crippen LogP contribution is 2.23. The average molecular weight is 333 g/mol. The molecule has 22 heavy (non-hydrogen) atoms.